The minimum Gasteiger partial charge on any atom is -0.504 e. The Morgan fingerprint density at radius 2 is 2.15 bits per heavy atom. The van der Waals surface area contributed by atoms with Crippen LogP contribution in [0.2, 0.25) is 0 Å². The van der Waals surface area contributed by atoms with Crippen LogP contribution in [0.25, 0.3) is 0 Å². The smallest absolute Gasteiger partial charge is 0.166 e. The highest BCUT2D eigenvalue weighted by Gasteiger charge is 2.08. The van der Waals surface area contributed by atoms with Gasteiger partial charge in [-0.3, -0.25) is 0 Å². The summed E-state index contributed by atoms with van der Waals surface area (Å²) in [5.41, 5.74) is 0.650. The van der Waals surface area contributed by atoms with E-state index in [0.29, 0.717) is 16.5 Å². The van der Waals surface area contributed by atoms with Gasteiger partial charge in [-0.25, -0.2) is 4.39 Å². The van der Waals surface area contributed by atoms with Crippen LogP contribution in [0.1, 0.15) is 12.5 Å². The minimum absolute atomic E-state index is 0.308. The minimum atomic E-state index is -0.676. The molecular formula is C9H10BrFO2. The lowest BCUT2D eigenvalue weighted by Crippen LogP contribution is -2.04. The topological polar surface area (TPSA) is 40.5 Å². The number of hydrogen-bond donors (Lipinski definition) is 2. The number of aliphatic hydroxyl groups is 1. The molecule has 0 bridgehead atoms. The van der Waals surface area contributed by atoms with Crippen molar-refractivity contribution in [2.45, 2.75) is 19.4 Å². The maximum atomic E-state index is 12.9. The van der Waals surface area contributed by atoms with Crippen molar-refractivity contribution in [2.75, 3.05) is 0 Å². The molecule has 0 saturated heterocycles. The van der Waals surface area contributed by atoms with Crippen LogP contribution in [-0.4, -0.2) is 16.3 Å². The number of benzene rings is 1. The molecule has 13 heavy (non-hydrogen) atoms. The third-order valence-electron chi connectivity index (χ3n) is 1.61. The third-order valence-corrected chi connectivity index (χ3v) is 2.21. The summed E-state index contributed by atoms with van der Waals surface area (Å²) in [7, 11) is 0. The zero-order valence-corrected chi connectivity index (χ0v) is 8.68. The number of aromatic hydroxyl groups is 1. The summed E-state index contributed by atoms with van der Waals surface area (Å²) in [5.74, 6) is -1.07. The summed E-state index contributed by atoms with van der Waals surface area (Å²) in [6.45, 7) is 1.62. The van der Waals surface area contributed by atoms with Crippen molar-refractivity contribution in [3.8, 4) is 5.75 Å². The largest absolute Gasteiger partial charge is 0.504 e. The normalized spacial score (nSPS) is 12.9. The lowest BCUT2D eigenvalue weighted by Gasteiger charge is -2.06. The summed E-state index contributed by atoms with van der Waals surface area (Å²) in [5, 5.41) is 18.1. The van der Waals surface area contributed by atoms with E-state index in [2.05, 4.69) is 15.9 Å². The van der Waals surface area contributed by atoms with Crippen molar-refractivity contribution in [1.82, 2.24) is 0 Å². The van der Waals surface area contributed by atoms with Crippen molar-refractivity contribution in [2.24, 2.45) is 0 Å². The number of phenols is 1. The van der Waals surface area contributed by atoms with Gasteiger partial charge in [0.2, 0.25) is 0 Å². The number of hydrogen-bond acceptors (Lipinski definition) is 2. The average molecular weight is 249 g/mol. The zero-order chi connectivity index (χ0) is 10.0. The fraction of sp³-hybridized carbons (Fsp3) is 0.333. The van der Waals surface area contributed by atoms with E-state index in [1.165, 1.54) is 6.07 Å². The first kappa shape index (κ1) is 10.5. The summed E-state index contributed by atoms with van der Waals surface area (Å²) < 4.78 is 13.2. The van der Waals surface area contributed by atoms with E-state index >= 15 is 0 Å². The van der Waals surface area contributed by atoms with Crippen molar-refractivity contribution in [1.29, 1.82) is 0 Å². The molecule has 0 spiro atoms. The molecule has 1 rings (SSSR count). The lowest BCUT2D eigenvalue weighted by molar-refractivity contribution is 0.195. The SMILES string of the molecule is CC(O)Cc1cc(F)c(O)c(Br)c1. The van der Waals surface area contributed by atoms with Crippen LogP contribution in [0.5, 0.6) is 5.75 Å². The standard InChI is InChI=1S/C9H10BrFO2/c1-5(12)2-6-3-7(10)9(13)8(11)4-6/h3-5,12-13H,2H2,1H3. The molecule has 0 radical (unpaired) electrons. The molecule has 1 aromatic rings. The van der Waals surface area contributed by atoms with Crippen molar-refractivity contribution < 1.29 is 14.6 Å². The summed E-state index contributed by atoms with van der Waals surface area (Å²) >= 11 is 3.02. The molecule has 0 fully saturated rings. The molecular weight excluding hydrogens is 239 g/mol. The molecule has 0 aliphatic rings. The highest BCUT2D eigenvalue weighted by atomic mass is 79.9. The molecule has 0 aromatic heterocycles. The Kier molecular flexibility index (Phi) is 3.27. The maximum absolute atomic E-state index is 12.9. The lowest BCUT2D eigenvalue weighted by atomic mass is 10.1. The molecule has 4 heteroatoms. The summed E-state index contributed by atoms with van der Waals surface area (Å²) in [4.78, 5) is 0. The average Bonchev–Trinajstić information content (AvgIpc) is 1.98. The van der Waals surface area contributed by atoms with Gasteiger partial charge >= 0.3 is 0 Å². The van der Waals surface area contributed by atoms with Gasteiger partial charge in [0.25, 0.3) is 0 Å². The molecule has 0 saturated carbocycles. The molecule has 1 aromatic carbocycles. The van der Waals surface area contributed by atoms with E-state index in [1.807, 2.05) is 0 Å². The Hall–Kier alpha value is -0.610. The van der Waals surface area contributed by atoms with Crippen LogP contribution >= 0.6 is 15.9 Å². The van der Waals surface area contributed by atoms with E-state index in [1.54, 1.807) is 13.0 Å². The van der Waals surface area contributed by atoms with Gasteiger partial charge in [0.05, 0.1) is 10.6 Å². The molecule has 0 aliphatic heterocycles. The predicted molar refractivity (Wildman–Crippen MR) is 51.1 cm³/mol. The van der Waals surface area contributed by atoms with Gasteiger partial charge in [-0.2, -0.15) is 0 Å². The second kappa shape index (κ2) is 4.07. The Bertz CT molecular complexity index is 289. The first-order valence-corrected chi connectivity index (χ1v) is 4.65. The van der Waals surface area contributed by atoms with Gasteiger partial charge in [-0.05, 0) is 47.0 Å². The first-order chi connectivity index (χ1) is 6.00. The third kappa shape index (κ3) is 2.67. The first-order valence-electron chi connectivity index (χ1n) is 3.85. The second-order valence-electron chi connectivity index (χ2n) is 2.96. The number of aliphatic hydroxyl groups excluding tert-OH is 1. The van der Waals surface area contributed by atoms with Crippen LogP contribution in [0.3, 0.4) is 0 Å². The molecule has 0 aliphatic carbocycles. The molecule has 0 heterocycles. The predicted octanol–water partition coefficient (Wildman–Crippen LogP) is 2.22. The number of rotatable bonds is 2. The monoisotopic (exact) mass is 248 g/mol. The molecule has 1 unspecified atom stereocenters. The Labute approximate surface area is 84.1 Å². The fourth-order valence-electron chi connectivity index (χ4n) is 1.08. The van der Waals surface area contributed by atoms with Gasteiger partial charge in [0.1, 0.15) is 0 Å². The van der Waals surface area contributed by atoms with Crippen molar-refractivity contribution >= 4 is 15.9 Å². The molecule has 72 valence electrons. The fourth-order valence-corrected chi connectivity index (χ4v) is 1.56. The number of halogens is 2. The van der Waals surface area contributed by atoms with Gasteiger partial charge in [0.15, 0.2) is 11.6 Å². The Morgan fingerprint density at radius 1 is 1.54 bits per heavy atom. The molecule has 1 atom stereocenters. The van der Waals surface area contributed by atoms with E-state index in [0.717, 1.165) is 0 Å². The van der Waals surface area contributed by atoms with Gasteiger partial charge in [-0.15, -0.1) is 0 Å². The van der Waals surface area contributed by atoms with E-state index < -0.39 is 17.7 Å². The van der Waals surface area contributed by atoms with Crippen LogP contribution < -0.4 is 0 Å². The van der Waals surface area contributed by atoms with Crippen molar-refractivity contribution in [3.05, 3.63) is 28.0 Å². The van der Waals surface area contributed by atoms with Crippen LogP contribution in [0, 0.1) is 5.82 Å². The van der Waals surface area contributed by atoms with Gasteiger partial charge in [0, 0.05) is 0 Å². The van der Waals surface area contributed by atoms with Crippen molar-refractivity contribution in [3.63, 3.8) is 0 Å². The Morgan fingerprint density at radius 3 is 2.62 bits per heavy atom. The Balaban J connectivity index is 2.99. The summed E-state index contributed by atoms with van der Waals surface area (Å²) in [6, 6.07) is 2.80. The van der Waals surface area contributed by atoms with Crippen LogP contribution in [0.15, 0.2) is 16.6 Å². The van der Waals surface area contributed by atoms with Crippen LogP contribution in [-0.2, 0) is 6.42 Å². The molecule has 0 amide bonds. The van der Waals surface area contributed by atoms with E-state index in [9.17, 15) is 4.39 Å². The maximum Gasteiger partial charge on any atom is 0.166 e. The quantitative estimate of drug-likeness (QED) is 0.843. The van der Waals surface area contributed by atoms with Gasteiger partial charge < -0.3 is 10.2 Å². The highest BCUT2D eigenvalue weighted by molar-refractivity contribution is 9.10. The van der Waals surface area contributed by atoms with E-state index in [-0.39, 0.29) is 0 Å². The highest BCUT2D eigenvalue weighted by Crippen LogP contribution is 2.28. The molecule has 2 N–H and O–H groups in total. The molecule has 2 nitrogen and oxygen atoms in total. The van der Waals surface area contributed by atoms with Crippen LogP contribution in [0.4, 0.5) is 4.39 Å². The summed E-state index contributed by atoms with van der Waals surface area (Å²) in [6.07, 6.45) is -0.147. The van der Waals surface area contributed by atoms with E-state index in [4.69, 9.17) is 10.2 Å². The second-order valence-corrected chi connectivity index (χ2v) is 3.82. The van der Waals surface area contributed by atoms with Gasteiger partial charge in [-0.1, -0.05) is 0 Å². The zero-order valence-electron chi connectivity index (χ0n) is 7.09. The number of phenolic OH excluding ortho intramolecular Hbond substituents is 1.